The first kappa shape index (κ1) is 17.2. The molecule has 5 heteroatoms. The second kappa shape index (κ2) is 7.92. The summed E-state index contributed by atoms with van der Waals surface area (Å²) >= 11 is 1.57. The second-order valence-electron chi connectivity index (χ2n) is 5.54. The van der Waals surface area contributed by atoms with Gasteiger partial charge in [0.15, 0.2) is 0 Å². The van der Waals surface area contributed by atoms with Gasteiger partial charge in [-0.3, -0.25) is 4.79 Å². The summed E-state index contributed by atoms with van der Waals surface area (Å²) in [4.78, 5) is 18.5. The first-order chi connectivity index (χ1) is 11.0. The maximum atomic E-state index is 11.9. The third-order valence-electron chi connectivity index (χ3n) is 3.47. The van der Waals surface area contributed by atoms with Crippen molar-refractivity contribution < 1.29 is 4.79 Å². The van der Waals surface area contributed by atoms with Gasteiger partial charge < -0.3 is 10.2 Å². The normalized spacial score (nSPS) is 11.2. The molecular weight excluding hydrogens is 306 g/mol. The lowest BCUT2D eigenvalue weighted by atomic mass is 10.2. The lowest BCUT2D eigenvalue weighted by Crippen LogP contribution is -2.30. The maximum Gasteiger partial charge on any atom is 0.248 e. The first-order valence-corrected chi connectivity index (χ1v) is 8.65. The van der Waals surface area contributed by atoms with E-state index < -0.39 is 0 Å². The number of anilines is 2. The van der Waals surface area contributed by atoms with Gasteiger partial charge in [0, 0.05) is 35.4 Å². The van der Waals surface area contributed by atoms with Gasteiger partial charge in [-0.2, -0.15) is 0 Å². The number of nitrogens with one attached hydrogen (secondary N) is 1. The van der Waals surface area contributed by atoms with Crippen molar-refractivity contribution >= 4 is 34.7 Å². The Labute approximate surface area is 141 Å². The smallest absolute Gasteiger partial charge is 0.248 e. The van der Waals surface area contributed by atoms with Gasteiger partial charge in [0.2, 0.25) is 5.91 Å². The largest absolute Gasteiger partial charge is 0.369 e. The van der Waals surface area contributed by atoms with Crippen molar-refractivity contribution in [1.29, 1.82) is 0 Å². The van der Waals surface area contributed by atoms with E-state index in [-0.39, 0.29) is 5.91 Å². The molecule has 122 valence electrons. The molecule has 1 amide bonds. The quantitative estimate of drug-likeness (QED) is 0.802. The van der Waals surface area contributed by atoms with Gasteiger partial charge in [-0.05, 0) is 58.0 Å². The molecule has 2 rings (SSSR count). The Morgan fingerprint density at radius 1 is 1.35 bits per heavy atom. The Balaban J connectivity index is 1.97. The molecule has 4 nitrogen and oxygen atoms in total. The number of carbonyl (C=O) groups is 1. The Kier molecular flexibility index (Phi) is 5.93. The van der Waals surface area contributed by atoms with Crippen LogP contribution in [0.1, 0.15) is 31.5 Å². The highest BCUT2D eigenvalue weighted by molar-refractivity contribution is 7.09. The number of nitrogens with zero attached hydrogens (tertiary/aromatic N) is 2. The van der Waals surface area contributed by atoms with E-state index in [9.17, 15) is 4.79 Å². The molecule has 23 heavy (non-hydrogen) atoms. The lowest BCUT2D eigenvalue weighted by molar-refractivity contribution is -0.111. The number of carbonyl (C=O) groups excluding carboxylic acids is 1. The topological polar surface area (TPSA) is 45.2 Å². The summed E-state index contributed by atoms with van der Waals surface area (Å²) < 4.78 is 0. The second-order valence-corrected chi connectivity index (χ2v) is 6.60. The van der Waals surface area contributed by atoms with Crippen molar-refractivity contribution in [2.45, 2.75) is 33.7 Å². The molecule has 1 aromatic heterocycles. The molecule has 0 atom stereocenters. The van der Waals surface area contributed by atoms with Crippen molar-refractivity contribution in [2.24, 2.45) is 0 Å². The van der Waals surface area contributed by atoms with Crippen molar-refractivity contribution in [1.82, 2.24) is 4.98 Å². The molecule has 0 radical (unpaired) electrons. The fourth-order valence-electron chi connectivity index (χ4n) is 2.38. The summed E-state index contributed by atoms with van der Waals surface area (Å²) in [7, 11) is 0. The zero-order chi connectivity index (χ0) is 16.8. The minimum absolute atomic E-state index is 0.153. The monoisotopic (exact) mass is 329 g/mol. The van der Waals surface area contributed by atoms with Gasteiger partial charge >= 0.3 is 0 Å². The van der Waals surface area contributed by atoms with Crippen LogP contribution in [0, 0.1) is 6.92 Å². The van der Waals surface area contributed by atoms with E-state index in [0.29, 0.717) is 6.04 Å². The number of benzene rings is 1. The van der Waals surface area contributed by atoms with Gasteiger partial charge in [0.25, 0.3) is 0 Å². The fourth-order valence-corrected chi connectivity index (χ4v) is 2.96. The van der Waals surface area contributed by atoms with E-state index in [1.807, 2.05) is 36.6 Å². The van der Waals surface area contributed by atoms with Crippen LogP contribution in [-0.4, -0.2) is 23.5 Å². The average molecular weight is 329 g/mol. The molecule has 0 aliphatic heterocycles. The SMILES string of the molecule is CCN(c1ccc(NC(=O)C=Cc2csc(C)n2)cc1)C(C)C. The summed E-state index contributed by atoms with van der Waals surface area (Å²) in [5, 5.41) is 5.79. The highest BCUT2D eigenvalue weighted by Crippen LogP contribution is 2.20. The van der Waals surface area contributed by atoms with E-state index >= 15 is 0 Å². The molecule has 0 aliphatic rings. The number of amides is 1. The highest BCUT2D eigenvalue weighted by atomic mass is 32.1. The van der Waals surface area contributed by atoms with Gasteiger partial charge in [0.1, 0.15) is 0 Å². The molecule has 0 bridgehead atoms. The number of thiazole rings is 1. The third-order valence-corrected chi connectivity index (χ3v) is 4.26. The van der Waals surface area contributed by atoms with E-state index in [2.05, 4.69) is 36.0 Å². The number of rotatable bonds is 6. The van der Waals surface area contributed by atoms with Crippen molar-refractivity contribution in [3.05, 3.63) is 46.4 Å². The van der Waals surface area contributed by atoms with Crippen LogP contribution >= 0.6 is 11.3 Å². The molecule has 0 unspecified atom stereocenters. The molecule has 0 aliphatic carbocycles. The van der Waals surface area contributed by atoms with E-state index in [0.717, 1.165) is 28.6 Å². The molecule has 2 aromatic rings. The predicted octanol–water partition coefficient (Wildman–Crippen LogP) is 4.34. The van der Waals surface area contributed by atoms with Gasteiger partial charge in [0.05, 0.1) is 10.7 Å². The maximum absolute atomic E-state index is 11.9. The molecule has 1 heterocycles. The molecule has 1 aromatic carbocycles. The average Bonchev–Trinajstić information content (AvgIpc) is 2.93. The zero-order valence-corrected chi connectivity index (χ0v) is 14.9. The van der Waals surface area contributed by atoms with Crippen LogP contribution in [0.2, 0.25) is 0 Å². The van der Waals surface area contributed by atoms with Crippen molar-refractivity contribution in [3.8, 4) is 0 Å². The summed E-state index contributed by atoms with van der Waals surface area (Å²) in [6.45, 7) is 9.38. The van der Waals surface area contributed by atoms with Crippen LogP contribution in [0.25, 0.3) is 6.08 Å². The Bertz CT molecular complexity index is 674. The van der Waals surface area contributed by atoms with E-state index in [1.54, 1.807) is 17.4 Å². The van der Waals surface area contributed by atoms with Gasteiger partial charge in [-0.15, -0.1) is 11.3 Å². The molecule has 1 N–H and O–H groups in total. The number of hydrogen-bond acceptors (Lipinski definition) is 4. The van der Waals surface area contributed by atoms with Crippen LogP contribution in [0.15, 0.2) is 35.7 Å². The number of hydrogen-bond donors (Lipinski definition) is 1. The molecule has 0 fully saturated rings. The van der Waals surface area contributed by atoms with Crippen molar-refractivity contribution in [3.63, 3.8) is 0 Å². The summed E-state index contributed by atoms with van der Waals surface area (Å²) in [5.41, 5.74) is 2.76. The highest BCUT2D eigenvalue weighted by Gasteiger charge is 2.08. The summed E-state index contributed by atoms with van der Waals surface area (Å²) in [6, 6.07) is 8.38. The molecule has 0 spiro atoms. The molecular formula is C18H23N3OS. The van der Waals surface area contributed by atoms with Gasteiger partial charge in [-0.25, -0.2) is 4.98 Å². The fraction of sp³-hybridized carbons (Fsp3) is 0.333. The third kappa shape index (κ3) is 4.93. The van der Waals surface area contributed by atoms with Crippen LogP contribution in [-0.2, 0) is 4.79 Å². The molecule has 0 saturated heterocycles. The Hall–Kier alpha value is -2.14. The Morgan fingerprint density at radius 2 is 2.04 bits per heavy atom. The van der Waals surface area contributed by atoms with Crippen LogP contribution < -0.4 is 10.2 Å². The molecule has 0 saturated carbocycles. The van der Waals surface area contributed by atoms with Crippen molar-refractivity contribution in [2.75, 3.05) is 16.8 Å². The van der Waals surface area contributed by atoms with E-state index in [4.69, 9.17) is 0 Å². The predicted molar refractivity (Wildman–Crippen MR) is 99.1 cm³/mol. The summed E-state index contributed by atoms with van der Waals surface area (Å²) in [5.74, 6) is -0.153. The van der Waals surface area contributed by atoms with Crippen LogP contribution in [0.3, 0.4) is 0 Å². The number of aromatic nitrogens is 1. The van der Waals surface area contributed by atoms with Gasteiger partial charge in [-0.1, -0.05) is 0 Å². The Morgan fingerprint density at radius 3 is 2.57 bits per heavy atom. The minimum Gasteiger partial charge on any atom is -0.369 e. The van der Waals surface area contributed by atoms with E-state index in [1.165, 1.54) is 6.08 Å². The first-order valence-electron chi connectivity index (χ1n) is 7.77. The summed E-state index contributed by atoms with van der Waals surface area (Å²) in [6.07, 6.45) is 3.24. The van der Waals surface area contributed by atoms with Crippen LogP contribution in [0.4, 0.5) is 11.4 Å². The standard InChI is InChI=1S/C18H23N3OS/c1-5-21(13(2)3)17-9-6-15(7-10-17)20-18(22)11-8-16-12-23-14(4)19-16/h6-13H,5H2,1-4H3,(H,20,22). The zero-order valence-electron chi connectivity index (χ0n) is 14.0. The van der Waals surface area contributed by atoms with Crippen LogP contribution in [0.5, 0.6) is 0 Å². The number of aryl methyl sites for hydroxylation is 1. The lowest BCUT2D eigenvalue weighted by Gasteiger charge is -2.27. The minimum atomic E-state index is -0.153.